The number of hydrogen-bond donors (Lipinski definition) is 1. The molecule has 1 aliphatic carbocycles. The third-order valence-electron chi connectivity index (χ3n) is 5.40. The number of nitrogens with zero attached hydrogens (tertiary/aromatic N) is 1. The summed E-state index contributed by atoms with van der Waals surface area (Å²) < 4.78 is 32.5. The number of piperidine rings is 1. The van der Waals surface area contributed by atoms with Gasteiger partial charge in [-0.25, -0.2) is 13.2 Å². The zero-order valence-electron chi connectivity index (χ0n) is 16.6. The fourth-order valence-electron chi connectivity index (χ4n) is 3.70. The van der Waals surface area contributed by atoms with Crippen LogP contribution in [0.5, 0.6) is 0 Å². The molecule has 0 radical (unpaired) electrons. The second kappa shape index (κ2) is 8.78. The summed E-state index contributed by atoms with van der Waals surface area (Å²) in [6.07, 6.45) is 3.30. The van der Waals surface area contributed by atoms with Gasteiger partial charge in [0.15, 0.2) is 0 Å². The molecular weight excluding hydrogens is 444 g/mol. The van der Waals surface area contributed by atoms with Gasteiger partial charge in [0, 0.05) is 13.1 Å². The summed E-state index contributed by atoms with van der Waals surface area (Å²) >= 11 is 2.51. The van der Waals surface area contributed by atoms with E-state index in [0.717, 1.165) is 18.4 Å². The maximum absolute atomic E-state index is 13.0. The number of amides is 1. The van der Waals surface area contributed by atoms with Crippen LogP contribution in [0.2, 0.25) is 0 Å². The third kappa shape index (κ3) is 4.32. The van der Waals surface area contributed by atoms with Crippen molar-refractivity contribution in [1.82, 2.24) is 4.31 Å². The van der Waals surface area contributed by atoms with Crippen molar-refractivity contribution in [2.75, 3.05) is 25.0 Å². The Labute approximate surface area is 184 Å². The molecule has 10 heteroatoms. The number of ether oxygens (including phenoxy) is 1. The van der Waals surface area contributed by atoms with E-state index in [1.54, 1.807) is 24.4 Å². The summed E-state index contributed by atoms with van der Waals surface area (Å²) in [6, 6.07) is 3.29. The first-order chi connectivity index (χ1) is 14.4. The molecule has 7 nitrogen and oxygen atoms in total. The molecule has 2 aliphatic rings. The van der Waals surface area contributed by atoms with E-state index in [0.29, 0.717) is 40.1 Å². The lowest BCUT2D eigenvalue weighted by atomic mass is 9.99. The van der Waals surface area contributed by atoms with E-state index in [4.69, 9.17) is 4.74 Å². The average Bonchev–Trinajstić information content (AvgIpc) is 3.25. The Bertz CT molecular complexity index is 1030. The maximum Gasteiger partial charge on any atom is 0.341 e. The molecule has 30 heavy (non-hydrogen) atoms. The number of sulfonamides is 1. The van der Waals surface area contributed by atoms with Gasteiger partial charge in [0.05, 0.1) is 18.1 Å². The minimum Gasteiger partial charge on any atom is -0.462 e. The van der Waals surface area contributed by atoms with E-state index >= 15 is 0 Å². The van der Waals surface area contributed by atoms with Gasteiger partial charge in [-0.1, -0.05) is 6.07 Å². The van der Waals surface area contributed by atoms with E-state index in [1.165, 1.54) is 27.0 Å². The molecule has 1 saturated heterocycles. The lowest BCUT2D eigenvalue weighted by Crippen LogP contribution is -2.43. The number of nitrogens with one attached hydrogen (secondary N) is 1. The molecule has 0 spiro atoms. The molecule has 1 N–H and O–H groups in total. The Balaban J connectivity index is 1.50. The molecule has 0 aromatic carbocycles. The molecule has 0 bridgehead atoms. The largest absolute Gasteiger partial charge is 0.462 e. The molecule has 2 aromatic rings. The van der Waals surface area contributed by atoms with E-state index in [2.05, 4.69) is 5.32 Å². The minimum atomic E-state index is -3.59. The molecule has 1 atom stereocenters. The van der Waals surface area contributed by atoms with Gasteiger partial charge in [0.25, 0.3) is 10.0 Å². The van der Waals surface area contributed by atoms with Crippen LogP contribution in [0.25, 0.3) is 0 Å². The van der Waals surface area contributed by atoms with Crippen LogP contribution >= 0.6 is 22.7 Å². The van der Waals surface area contributed by atoms with Crippen molar-refractivity contribution in [2.24, 2.45) is 5.92 Å². The van der Waals surface area contributed by atoms with Crippen LogP contribution in [0.1, 0.15) is 54.4 Å². The van der Waals surface area contributed by atoms with Gasteiger partial charge in [0.1, 0.15) is 9.21 Å². The first-order valence-corrected chi connectivity index (χ1v) is 13.2. The molecule has 1 saturated carbocycles. The van der Waals surface area contributed by atoms with Crippen molar-refractivity contribution in [3.63, 3.8) is 0 Å². The van der Waals surface area contributed by atoms with E-state index < -0.39 is 21.9 Å². The van der Waals surface area contributed by atoms with Gasteiger partial charge >= 0.3 is 5.97 Å². The van der Waals surface area contributed by atoms with Gasteiger partial charge in [-0.2, -0.15) is 4.31 Å². The summed E-state index contributed by atoms with van der Waals surface area (Å²) in [4.78, 5) is 25.5. The summed E-state index contributed by atoms with van der Waals surface area (Å²) in [5.41, 5.74) is 1.40. The van der Waals surface area contributed by atoms with Crippen LogP contribution in [0.3, 0.4) is 0 Å². The Morgan fingerprint density at radius 3 is 2.73 bits per heavy atom. The second-order valence-corrected chi connectivity index (χ2v) is 11.5. The molecule has 1 amide bonds. The number of thiophene rings is 2. The normalized spacial score (nSPS) is 20.1. The van der Waals surface area contributed by atoms with Crippen LogP contribution in [-0.4, -0.2) is 44.3 Å². The summed E-state index contributed by atoms with van der Waals surface area (Å²) in [5, 5.41) is 7.04. The topological polar surface area (TPSA) is 92.8 Å². The van der Waals surface area contributed by atoms with E-state index in [9.17, 15) is 18.0 Å². The minimum absolute atomic E-state index is 0.141. The molecular formula is C20H24N2O5S3. The van der Waals surface area contributed by atoms with Crippen LogP contribution in [-0.2, 0) is 19.6 Å². The highest BCUT2D eigenvalue weighted by molar-refractivity contribution is 7.91. The lowest BCUT2D eigenvalue weighted by molar-refractivity contribution is -0.120. The summed E-state index contributed by atoms with van der Waals surface area (Å²) in [7, 11) is -3.59. The van der Waals surface area contributed by atoms with Crippen molar-refractivity contribution in [3.05, 3.63) is 34.0 Å². The van der Waals surface area contributed by atoms with Crippen molar-refractivity contribution in [2.45, 2.75) is 42.7 Å². The zero-order valence-corrected chi connectivity index (χ0v) is 19.1. The average molecular weight is 469 g/mol. The Hall–Kier alpha value is -1.75. The standard InChI is InChI=1S/C20H24N2O5S3/c1-2-27-20(24)17-15(13-7-8-13)12-29-19(17)21-18(23)14-5-3-9-22(11-14)30(25,26)16-6-4-10-28-16/h4,6,10,12-14H,2-3,5,7-9,11H2,1H3,(H,21,23)/t14-/m1/s1. The lowest BCUT2D eigenvalue weighted by Gasteiger charge is -2.30. The number of hydrogen-bond acceptors (Lipinski definition) is 7. The number of carbonyl (C=O) groups is 2. The van der Waals surface area contributed by atoms with Gasteiger partial charge in [-0.3, -0.25) is 4.79 Å². The molecule has 3 heterocycles. The van der Waals surface area contributed by atoms with Gasteiger partial charge < -0.3 is 10.1 Å². The van der Waals surface area contributed by atoms with Crippen LogP contribution in [0.15, 0.2) is 27.1 Å². The predicted octanol–water partition coefficient (Wildman–Crippen LogP) is 3.90. The van der Waals surface area contributed by atoms with Gasteiger partial charge in [0.2, 0.25) is 5.91 Å². The Morgan fingerprint density at radius 1 is 1.27 bits per heavy atom. The maximum atomic E-state index is 13.0. The van der Waals surface area contributed by atoms with Crippen molar-refractivity contribution in [1.29, 1.82) is 0 Å². The smallest absolute Gasteiger partial charge is 0.341 e. The molecule has 2 aromatic heterocycles. The molecule has 4 rings (SSSR count). The SMILES string of the molecule is CCOC(=O)c1c(C2CC2)csc1NC(=O)[C@@H]1CCCN(S(=O)(=O)c2cccs2)C1. The van der Waals surface area contributed by atoms with Crippen LogP contribution < -0.4 is 5.32 Å². The number of rotatable bonds is 7. The number of carbonyl (C=O) groups excluding carboxylic acids is 2. The molecule has 0 unspecified atom stereocenters. The number of anilines is 1. The highest BCUT2D eigenvalue weighted by atomic mass is 32.2. The van der Waals surface area contributed by atoms with E-state index in [1.807, 2.05) is 5.38 Å². The van der Waals surface area contributed by atoms with E-state index in [-0.39, 0.29) is 19.1 Å². The highest BCUT2D eigenvalue weighted by Crippen LogP contribution is 2.46. The van der Waals surface area contributed by atoms with Crippen molar-refractivity contribution >= 4 is 49.6 Å². The fraction of sp³-hybridized carbons (Fsp3) is 0.500. The fourth-order valence-corrected chi connectivity index (χ4v) is 7.40. The molecule has 2 fully saturated rings. The second-order valence-electron chi connectivity index (χ2n) is 7.51. The summed E-state index contributed by atoms with van der Waals surface area (Å²) in [5.74, 6) is -0.778. The van der Waals surface area contributed by atoms with Crippen molar-refractivity contribution < 1.29 is 22.7 Å². The Morgan fingerprint density at radius 2 is 2.07 bits per heavy atom. The van der Waals surface area contributed by atoms with Crippen molar-refractivity contribution in [3.8, 4) is 0 Å². The Kier molecular flexibility index (Phi) is 6.29. The van der Waals surface area contributed by atoms with Crippen LogP contribution in [0.4, 0.5) is 5.00 Å². The first-order valence-electron chi connectivity index (χ1n) is 10.0. The number of esters is 1. The first kappa shape index (κ1) is 21.5. The van der Waals surface area contributed by atoms with Crippen LogP contribution in [0, 0.1) is 5.92 Å². The van der Waals surface area contributed by atoms with Gasteiger partial charge in [-0.15, -0.1) is 22.7 Å². The predicted molar refractivity (Wildman–Crippen MR) is 117 cm³/mol. The summed E-state index contributed by atoms with van der Waals surface area (Å²) in [6.45, 7) is 2.57. The zero-order chi connectivity index (χ0) is 21.3. The van der Waals surface area contributed by atoms with Gasteiger partial charge in [-0.05, 0) is 60.9 Å². The third-order valence-corrected chi connectivity index (χ3v) is 9.55. The quantitative estimate of drug-likeness (QED) is 0.622. The highest BCUT2D eigenvalue weighted by Gasteiger charge is 2.36. The molecule has 1 aliphatic heterocycles. The molecule has 162 valence electrons. The monoisotopic (exact) mass is 468 g/mol.